The molecule has 1 amide bonds. The topological polar surface area (TPSA) is 60.3 Å². The third-order valence-corrected chi connectivity index (χ3v) is 2.71. The predicted octanol–water partition coefficient (Wildman–Crippen LogP) is 1.65. The largest absolute Gasteiger partial charge is 0.497 e. The van der Waals surface area contributed by atoms with Crippen molar-refractivity contribution in [2.24, 2.45) is 7.05 Å². The SMILES string of the molecule is COc1ccc(NC(=O)c2ccn(C)c(=O)c2)cc1. The molecule has 5 nitrogen and oxygen atoms in total. The molecule has 1 aromatic heterocycles. The predicted molar refractivity (Wildman–Crippen MR) is 72.6 cm³/mol. The van der Waals surface area contributed by atoms with Crippen molar-refractivity contribution in [3.8, 4) is 5.75 Å². The van der Waals surface area contributed by atoms with Crippen LogP contribution in [-0.2, 0) is 7.05 Å². The molecule has 98 valence electrons. The van der Waals surface area contributed by atoms with Gasteiger partial charge < -0.3 is 14.6 Å². The van der Waals surface area contributed by atoms with Crippen LogP contribution in [0.25, 0.3) is 0 Å². The number of amides is 1. The third-order valence-electron chi connectivity index (χ3n) is 2.71. The Morgan fingerprint density at radius 2 is 1.89 bits per heavy atom. The van der Waals surface area contributed by atoms with E-state index in [1.807, 2.05) is 0 Å². The molecular formula is C14H14N2O3. The number of aromatic nitrogens is 1. The minimum atomic E-state index is -0.317. The quantitative estimate of drug-likeness (QED) is 0.910. The highest BCUT2D eigenvalue weighted by Gasteiger charge is 2.07. The molecule has 0 aliphatic carbocycles. The van der Waals surface area contributed by atoms with Crippen LogP contribution < -0.4 is 15.6 Å². The van der Waals surface area contributed by atoms with Crippen molar-refractivity contribution in [1.82, 2.24) is 4.57 Å². The average molecular weight is 258 g/mol. The number of hydrogen-bond acceptors (Lipinski definition) is 3. The number of nitrogens with one attached hydrogen (secondary N) is 1. The number of hydrogen-bond donors (Lipinski definition) is 1. The Kier molecular flexibility index (Phi) is 3.66. The van der Waals surface area contributed by atoms with Gasteiger partial charge in [0.2, 0.25) is 0 Å². The van der Waals surface area contributed by atoms with Crippen LogP contribution in [0.1, 0.15) is 10.4 Å². The summed E-state index contributed by atoms with van der Waals surface area (Å²) in [7, 11) is 3.21. The van der Waals surface area contributed by atoms with Crippen LogP contribution in [0.4, 0.5) is 5.69 Å². The Bertz CT molecular complexity index is 644. The number of ether oxygens (including phenoxy) is 1. The maximum atomic E-state index is 11.9. The van der Waals surface area contributed by atoms with Crippen molar-refractivity contribution in [2.75, 3.05) is 12.4 Å². The number of carbonyl (C=O) groups is 1. The molecule has 19 heavy (non-hydrogen) atoms. The first-order chi connectivity index (χ1) is 9.10. The van der Waals surface area contributed by atoms with Gasteiger partial charge in [-0.3, -0.25) is 9.59 Å². The minimum absolute atomic E-state index is 0.220. The van der Waals surface area contributed by atoms with E-state index in [0.717, 1.165) is 0 Å². The van der Waals surface area contributed by atoms with Crippen LogP contribution in [0.2, 0.25) is 0 Å². The number of carbonyl (C=O) groups excluding carboxylic acids is 1. The second-order valence-electron chi connectivity index (χ2n) is 4.05. The van der Waals surface area contributed by atoms with Gasteiger partial charge in [-0.05, 0) is 30.3 Å². The molecule has 1 aromatic carbocycles. The van der Waals surface area contributed by atoms with Crippen molar-refractivity contribution in [1.29, 1.82) is 0 Å². The summed E-state index contributed by atoms with van der Waals surface area (Å²) in [5.41, 5.74) is 0.757. The van der Waals surface area contributed by atoms with Gasteiger partial charge in [0.25, 0.3) is 11.5 Å². The summed E-state index contributed by atoms with van der Waals surface area (Å²) in [4.78, 5) is 23.4. The summed E-state index contributed by atoms with van der Waals surface area (Å²) in [6.45, 7) is 0. The summed E-state index contributed by atoms with van der Waals surface area (Å²) < 4.78 is 6.44. The molecule has 0 saturated heterocycles. The highest BCUT2D eigenvalue weighted by Crippen LogP contribution is 2.15. The Morgan fingerprint density at radius 3 is 2.47 bits per heavy atom. The Labute approximate surface area is 110 Å². The van der Waals surface area contributed by atoms with E-state index in [1.165, 1.54) is 10.6 Å². The van der Waals surface area contributed by atoms with E-state index in [0.29, 0.717) is 17.0 Å². The molecule has 0 aliphatic rings. The van der Waals surface area contributed by atoms with Gasteiger partial charge in [-0.25, -0.2) is 0 Å². The fourth-order valence-electron chi connectivity index (χ4n) is 1.57. The van der Waals surface area contributed by atoms with Crippen LogP contribution >= 0.6 is 0 Å². The third kappa shape index (κ3) is 3.01. The van der Waals surface area contributed by atoms with Gasteiger partial charge in [0.05, 0.1) is 7.11 Å². The number of anilines is 1. The highest BCUT2D eigenvalue weighted by molar-refractivity contribution is 6.04. The van der Waals surface area contributed by atoms with Crippen molar-refractivity contribution < 1.29 is 9.53 Å². The molecule has 0 fully saturated rings. The zero-order valence-electron chi connectivity index (χ0n) is 10.7. The lowest BCUT2D eigenvalue weighted by Gasteiger charge is -2.06. The molecular weight excluding hydrogens is 244 g/mol. The second kappa shape index (κ2) is 5.39. The Hall–Kier alpha value is -2.56. The number of methoxy groups -OCH3 is 1. The fraction of sp³-hybridized carbons (Fsp3) is 0.143. The molecule has 0 aliphatic heterocycles. The van der Waals surface area contributed by atoms with Gasteiger partial charge >= 0.3 is 0 Å². The van der Waals surface area contributed by atoms with E-state index in [2.05, 4.69) is 5.32 Å². The molecule has 2 rings (SSSR count). The van der Waals surface area contributed by atoms with Crippen LogP contribution in [-0.4, -0.2) is 17.6 Å². The zero-order valence-corrected chi connectivity index (χ0v) is 10.7. The number of benzene rings is 1. The molecule has 0 radical (unpaired) electrons. The second-order valence-corrected chi connectivity index (χ2v) is 4.05. The fourth-order valence-corrected chi connectivity index (χ4v) is 1.57. The molecule has 0 bridgehead atoms. The molecule has 1 heterocycles. The first-order valence-electron chi connectivity index (χ1n) is 5.72. The van der Waals surface area contributed by atoms with Gasteiger partial charge in [0.15, 0.2) is 0 Å². The van der Waals surface area contributed by atoms with Gasteiger partial charge in [-0.15, -0.1) is 0 Å². The van der Waals surface area contributed by atoms with Crippen molar-refractivity contribution in [2.45, 2.75) is 0 Å². The van der Waals surface area contributed by atoms with E-state index in [9.17, 15) is 9.59 Å². The highest BCUT2D eigenvalue weighted by atomic mass is 16.5. The molecule has 5 heteroatoms. The molecule has 2 aromatic rings. The monoisotopic (exact) mass is 258 g/mol. The maximum Gasteiger partial charge on any atom is 0.255 e. The van der Waals surface area contributed by atoms with Gasteiger partial charge in [-0.2, -0.15) is 0 Å². The van der Waals surface area contributed by atoms with Crippen LogP contribution in [0.5, 0.6) is 5.75 Å². The van der Waals surface area contributed by atoms with Crippen LogP contribution in [0, 0.1) is 0 Å². The van der Waals surface area contributed by atoms with Crippen LogP contribution in [0.15, 0.2) is 47.4 Å². The number of rotatable bonds is 3. The summed E-state index contributed by atoms with van der Waals surface area (Å²) in [6, 6.07) is 9.87. The van der Waals surface area contributed by atoms with E-state index >= 15 is 0 Å². The van der Waals surface area contributed by atoms with Gasteiger partial charge in [0, 0.05) is 30.6 Å². The molecule has 0 spiro atoms. The average Bonchev–Trinajstić information content (AvgIpc) is 2.42. The number of aryl methyl sites for hydroxylation is 1. The molecule has 0 unspecified atom stereocenters. The summed E-state index contributed by atoms with van der Waals surface area (Å²) >= 11 is 0. The van der Waals surface area contributed by atoms with E-state index in [1.54, 1.807) is 50.7 Å². The van der Waals surface area contributed by atoms with Gasteiger partial charge in [0.1, 0.15) is 5.75 Å². The van der Waals surface area contributed by atoms with E-state index in [4.69, 9.17) is 4.74 Å². The van der Waals surface area contributed by atoms with Crippen molar-refractivity contribution >= 4 is 11.6 Å². The van der Waals surface area contributed by atoms with E-state index in [-0.39, 0.29) is 11.5 Å². The minimum Gasteiger partial charge on any atom is -0.497 e. The van der Waals surface area contributed by atoms with E-state index < -0.39 is 0 Å². The van der Waals surface area contributed by atoms with Gasteiger partial charge in [-0.1, -0.05) is 0 Å². The summed E-state index contributed by atoms with van der Waals surface area (Å²) in [5.74, 6) is 0.398. The molecule has 1 N–H and O–H groups in total. The van der Waals surface area contributed by atoms with Crippen molar-refractivity contribution in [3.63, 3.8) is 0 Å². The Morgan fingerprint density at radius 1 is 1.21 bits per heavy atom. The molecule has 0 saturated carbocycles. The number of nitrogens with zero attached hydrogens (tertiary/aromatic N) is 1. The lowest BCUT2D eigenvalue weighted by atomic mass is 10.2. The normalized spacial score (nSPS) is 10.0. The first kappa shape index (κ1) is 12.9. The lowest BCUT2D eigenvalue weighted by molar-refractivity contribution is 0.102. The number of pyridine rings is 1. The summed E-state index contributed by atoms with van der Waals surface area (Å²) in [6.07, 6.45) is 1.56. The lowest BCUT2D eigenvalue weighted by Crippen LogP contribution is -2.19. The molecule has 0 atom stereocenters. The first-order valence-corrected chi connectivity index (χ1v) is 5.72. The van der Waals surface area contributed by atoms with Crippen LogP contribution in [0.3, 0.4) is 0 Å². The van der Waals surface area contributed by atoms with Crippen molar-refractivity contribution in [3.05, 3.63) is 58.5 Å². The smallest absolute Gasteiger partial charge is 0.255 e. The zero-order chi connectivity index (χ0) is 13.8. The summed E-state index contributed by atoms with van der Waals surface area (Å²) in [5, 5.41) is 2.71. The Balaban J connectivity index is 2.15. The maximum absolute atomic E-state index is 11.9. The standard InChI is InChI=1S/C14H14N2O3/c1-16-8-7-10(9-13(16)17)14(18)15-11-3-5-12(19-2)6-4-11/h3-9H,1-2H3,(H,15,18).